The van der Waals surface area contributed by atoms with Crippen molar-refractivity contribution in [3.8, 4) is 5.75 Å². The highest BCUT2D eigenvalue weighted by Crippen LogP contribution is 2.17. The summed E-state index contributed by atoms with van der Waals surface area (Å²) in [6.07, 6.45) is 1.86. The number of halogens is 1. The fourth-order valence-corrected chi connectivity index (χ4v) is 1.92. The smallest absolute Gasteiger partial charge is 0.119 e. The van der Waals surface area contributed by atoms with E-state index in [1.807, 2.05) is 56.9 Å². The molecule has 19 heavy (non-hydrogen) atoms. The molecule has 5 heteroatoms. The zero-order chi connectivity index (χ0) is 14.3. The molecule has 0 saturated carbocycles. The van der Waals surface area contributed by atoms with Gasteiger partial charge in [0.1, 0.15) is 18.6 Å². The molecule has 0 aliphatic heterocycles. The predicted octanol–water partition coefficient (Wildman–Crippen LogP) is 1.42. The second-order valence-corrected chi connectivity index (χ2v) is 5.25. The average molecular weight is 327 g/mol. The van der Waals surface area contributed by atoms with Crippen molar-refractivity contribution in [3.63, 3.8) is 0 Å². The lowest BCUT2D eigenvalue weighted by molar-refractivity contribution is -0.556. The van der Waals surface area contributed by atoms with Crippen LogP contribution in [-0.4, -0.2) is 44.9 Å². The van der Waals surface area contributed by atoms with Crippen LogP contribution in [0.1, 0.15) is 5.56 Å². The Morgan fingerprint density at radius 1 is 1.37 bits per heavy atom. The molecule has 0 saturated heterocycles. The van der Waals surface area contributed by atoms with E-state index in [2.05, 4.69) is 20.8 Å². The van der Waals surface area contributed by atoms with E-state index >= 15 is 0 Å². The fraction of sp³-hybridized carbons (Fsp3) is 0.357. The number of nitrogens with one attached hydrogen (secondary N) is 1. The lowest BCUT2D eigenvalue weighted by Gasteiger charge is -2.11. The molecular weight excluding hydrogens is 306 g/mol. The molecule has 0 spiro atoms. The van der Waals surface area contributed by atoms with E-state index < -0.39 is 0 Å². The molecule has 1 aromatic carbocycles. The molecule has 3 N–H and O–H groups in total. The van der Waals surface area contributed by atoms with Crippen molar-refractivity contribution in [2.45, 2.75) is 0 Å². The number of nitrogens with two attached hydrogens (primary N) is 1. The number of nitrogens with zero attached hydrogens (tertiary/aromatic N) is 1. The fourth-order valence-electron chi connectivity index (χ4n) is 1.43. The summed E-state index contributed by atoms with van der Waals surface area (Å²) in [5, 5.41) is 9.92. The highest BCUT2D eigenvalue weighted by Gasteiger charge is 2.06. The minimum atomic E-state index is 0.470. The molecule has 0 fully saturated rings. The van der Waals surface area contributed by atoms with Gasteiger partial charge in [-0.15, -0.1) is 0 Å². The van der Waals surface area contributed by atoms with Gasteiger partial charge in [0, 0.05) is 12.1 Å². The minimum absolute atomic E-state index is 0.470. The zero-order valence-corrected chi connectivity index (χ0v) is 13.2. The van der Waals surface area contributed by atoms with Crippen LogP contribution in [0.3, 0.4) is 0 Å². The van der Waals surface area contributed by atoms with Crippen LogP contribution >= 0.6 is 15.9 Å². The SMILES string of the molecule is C[NH2+]C=C(Br)C(=N)c1ccc(OCCN(C)C)cc1. The molecule has 0 radical (unpaired) electrons. The maximum absolute atomic E-state index is 8.02. The Balaban J connectivity index is 2.61. The number of allylic oxidation sites excluding steroid dienone is 1. The predicted molar refractivity (Wildman–Crippen MR) is 82.2 cm³/mol. The van der Waals surface area contributed by atoms with Crippen LogP contribution in [0.15, 0.2) is 34.9 Å². The molecular formula is C14H21BrN3O+. The van der Waals surface area contributed by atoms with Gasteiger partial charge >= 0.3 is 0 Å². The largest absolute Gasteiger partial charge is 0.492 e. The summed E-state index contributed by atoms with van der Waals surface area (Å²) in [4.78, 5) is 2.08. The molecule has 0 amide bonds. The van der Waals surface area contributed by atoms with E-state index in [-0.39, 0.29) is 0 Å². The first-order valence-electron chi connectivity index (χ1n) is 6.16. The van der Waals surface area contributed by atoms with Crippen LogP contribution in [0.2, 0.25) is 0 Å². The third kappa shape index (κ3) is 5.55. The number of hydrogen-bond acceptors (Lipinski definition) is 3. The summed E-state index contributed by atoms with van der Waals surface area (Å²) in [6, 6.07) is 7.60. The Labute approximate surface area is 123 Å². The van der Waals surface area contributed by atoms with E-state index in [1.165, 1.54) is 0 Å². The number of hydrogen-bond donors (Lipinski definition) is 2. The second kappa shape index (κ2) is 8.09. The van der Waals surface area contributed by atoms with Crippen LogP contribution in [0, 0.1) is 5.41 Å². The second-order valence-electron chi connectivity index (χ2n) is 4.40. The van der Waals surface area contributed by atoms with E-state index in [0.29, 0.717) is 12.3 Å². The summed E-state index contributed by atoms with van der Waals surface area (Å²) in [6.45, 7) is 1.55. The van der Waals surface area contributed by atoms with Gasteiger partial charge < -0.3 is 15.0 Å². The summed E-state index contributed by atoms with van der Waals surface area (Å²) in [7, 11) is 5.96. The Hall–Kier alpha value is -1.17. The Morgan fingerprint density at radius 2 is 2.00 bits per heavy atom. The Bertz CT molecular complexity index is 441. The van der Waals surface area contributed by atoms with Crippen molar-refractivity contribution in [1.82, 2.24) is 4.90 Å². The van der Waals surface area contributed by atoms with Gasteiger partial charge in [-0.05, 0) is 54.3 Å². The van der Waals surface area contributed by atoms with Crippen molar-refractivity contribution in [1.29, 1.82) is 5.41 Å². The van der Waals surface area contributed by atoms with E-state index in [4.69, 9.17) is 10.1 Å². The van der Waals surface area contributed by atoms with E-state index in [0.717, 1.165) is 22.3 Å². The first-order valence-corrected chi connectivity index (χ1v) is 6.96. The summed E-state index contributed by atoms with van der Waals surface area (Å²) >= 11 is 3.39. The van der Waals surface area contributed by atoms with Gasteiger partial charge in [-0.2, -0.15) is 0 Å². The molecule has 0 bridgehead atoms. The molecule has 1 aromatic rings. The van der Waals surface area contributed by atoms with E-state index in [1.54, 1.807) is 0 Å². The molecule has 0 aromatic heterocycles. The molecule has 0 aliphatic rings. The van der Waals surface area contributed by atoms with E-state index in [9.17, 15) is 0 Å². The van der Waals surface area contributed by atoms with Crippen LogP contribution in [0.25, 0.3) is 0 Å². The zero-order valence-electron chi connectivity index (χ0n) is 11.6. The summed E-state index contributed by atoms with van der Waals surface area (Å²) in [5.74, 6) is 0.834. The third-order valence-corrected chi connectivity index (χ3v) is 3.16. The van der Waals surface area contributed by atoms with Gasteiger partial charge in [0.25, 0.3) is 0 Å². The maximum Gasteiger partial charge on any atom is 0.119 e. The summed E-state index contributed by atoms with van der Waals surface area (Å²) < 4.78 is 6.39. The number of quaternary nitrogens is 1. The average Bonchev–Trinajstić information content (AvgIpc) is 2.38. The van der Waals surface area contributed by atoms with Gasteiger partial charge in [0.15, 0.2) is 0 Å². The van der Waals surface area contributed by atoms with Crippen molar-refractivity contribution in [2.75, 3.05) is 34.3 Å². The van der Waals surface area contributed by atoms with Crippen molar-refractivity contribution < 1.29 is 10.1 Å². The van der Waals surface area contributed by atoms with Crippen molar-refractivity contribution in [2.24, 2.45) is 0 Å². The normalized spacial score (nSPS) is 11.7. The van der Waals surface area contributed by atoms with Crippen molar-refractivity contribution in [3.05, 3.63) is 40.5 Å². The van der Waals surface area contributed by atoms with Crippen LogP contribution in [0.4, 0.5) is 0 Å². The number of likely N-dealkylation sites (N-methyl/N-ethyl adjacent to an activating group) is 1. The number of rotatable bonds is 7. The highest BCUT2D eigenvalue weighted by atomic mass is 79.9. The first kappa shape index (κ1) is 15.9. The van der Waals surface area contributed by atoms with Crippen molar-refractivity contribution >= 4 is 21.6 Å². The van der Waals surface area contributed by atoms with Crippen LogP contribution < -0.4 is 10.1 Å². The molecule has 0 heterocycles. The maximum atomic E-state index is 8.02. The van der Waals surface area contributed by atoms with Crippen LogP contribution in [-0.2, 0) is 0 Å². The molecule has 4 nitrogen and oxygen atoms in total. The molecule has 0 unspecified atom stereocenters. The monoisotopic (exact) mass is 326 g/mol. The molecule has 1 rings (SSSR count). The first-order chi connectivity index (χ1) is 9.04. The molecule has 104 valence electrons. The van der Waals surface area contributed by atoms with Crippen LogP contribution in [0.5, 0.6) is 5.75 Å². The molecule has 0 atom stereocenters. The topological polar surface area (TPSA) is 52.9 Å². The number of benzene rings is 1. The standard InChI is InChI=1S/C14H20BrN3O/c1-17-10-13(15)14(16)11-4-6-12(7-5-11)19-9-8-18(2)3/h4-7,10,16-17H,8-9H2,1-3H3/p+1. The quantitative estimate of drug-likeness (QED) is 0.745. The Morgan fingerprint density at radius 3 is 2.53 bits per heavy atom. The molecule has 0 aliphatic carbocycles. The van der Waals surface area contributed by atoms with Gasteiger partial charge in [-0.25, -0.2) is 0 Å². The highest BCUT2D eigenvalue weighted by molar-refractivity contribution is 9.12. The third-order valence-electron chi connectivity index (χ3n) is 2.50. The van der Waals surface area contributed by atoms with Gasteiger partial charge in [0.05, 0.1) is 17.2 Å². The minimum Gasteiger partial charge on any atom is -0.492 e. The number of ether oxygens (including phenoxy) is 1. The van der Waals surface area contributed by atoms with Gasteiger partial charge in [-0.3, -0.25) is 5.41 Å². The summed E-state index contributed by atoms with van der Waals surface area (Å²) in [5.41, 5.74) is 1.34. The lowest BCUT2D eigenvalue weighted by atomic mass is 10.1. The lowest BCUT2D eigenvalue weighted by Crippen LogP contribution is -2.73. The van der Waals surface area contributed by atoms with Gasteiger partial charge in [0.2, 0.25) is 0 Å². The Kier molecular flexibility index (Phi) is 6.77. The van der Waals surface area contributed by atoms with Gasteiger partial charge in [-0.1, -0.05) is 0 Å².